The predicted octanol–water partition coefficient (Wildman–Crippen LogP) is 0.782. The SMILES string of the molecule is CCC(C)(N)C(=O)NC1(C)CC1. The molecule has 0 heterocycles. The van der Waals surface area contributed by atoms with Gasteiger partial charge in [0.25, 0.3) is 0 Å². The van der Waals surface area contributed by atoms with E-state index in [0.717, 1.165) is 12.8 Å². The van der Waals surface area contributed by atoms with Gasteiger partial charge in [-0.15, -0.1) is 0 Å². The fourth-order valence-corrected chi connectivity index (χ4v) is 0.890. The van der Waals surface area contributed by atoms with E-state index in [1.807, 2.05) is 6.92 Å². The average molecular weight is 170 g/mol. The molecule has 0 aromatic heterocycles. The largest absolute Gasteiger partial charge is 0.349 e. The number of nitrogens with one attached hydrogen (secondary N) is 1. The molecule has 1 atom stereocenters. The van der Waals surface area contributed by atoms with E-state index in [0.29, 0.717) is 6.42 Å². The van der Waals surface area contributed by atoms with Crippen molar-refractivity contribution in [1.82, 2.24) is 5.32 Å². The molecule has 0 aromatic carbocycles. The lowest BCUT2D eigenvalue weighted by atomic mass is 9.99. The second-order valence-corrected chi connectivity index (χ2v) is 4.29. The molecule has 12 heavy (non-hydrogen) atoms. The molecule has 70 valence electrons. The molecule has 1 fully saturated rings. The smallest absolute Gasteiger partial charge is 0.240 e. The molecule has 1 aliphatic rings. The molecule has 0 radical (unpaired) electrons. The number of amides is 1. The lowest BCUT2D eigenvalue weighted by Gasteiger charge is -2.24. The second kappa shape index (κ2) is 2.73. The molecule has 1 rings (SSSR count). The van der Waals surface area contributed by atoms with Crippen LogP contribution in [0, 0.1) is 0 Å². The van der Waals surface area contributed by atoms with Crippen molar-refractivity contribution in [3.8, 4) is 0 Å². The van der Waals surface area contributed by atoms with Crippen molar-refractivity contribution >= 4 is 5.91 Å². The quantitative estimate of drug-likeness (QED) is 0.657. The molecule has 0 aliphatic heterocycles. The summed E-state index contributed by atoms with van der Waals surface area (Å²) >= 11 is 0. The van der Waals surface area contributed by atoms with E-state index < -0.39 is 5.54 Å². The maximum absolute atomic E-state index is 11.5. The van der Waals surface area contributed by atoms with E-state index in [2.05, 4.69) is 12.2 Å². The van der Waals surface area contributed by atoms with Crippen LogP contribution in [-0.2, 0) is 4.79 Å². The van der Waals surface area contributed by atoms with Gasteiger partial charge in [0.15, 0.2) is 0 Å². The first-order chi connectivity index (χ1) is 5.40. The highest BCUT2D eigenvalue weighted by Crippen LogP contribution is 2.34. The van der Waals surface area contributed by atoms with Crippen LogP contribution in [0.5, 0.6) is 0 Å². The predicted molar refractivity (Wildman–Crippen MR) is 48.7 cm³/mol. The van der Waals surface area contributed by atoms with Crippen LogP contribution in [-0.4, -0.2) is 17.0 Å². The van der Waals surface area contributed by atoms with Gasteiger partial charge < -0.3 is 11.1 Å². The van der Waals surface area contributed by atoms with Gasteiger partial charge in [-0.2, -0.15) is 0 Å². The molecule has 0 bridgehead atoms. The Balaban J connectivity index is 2.47. The van der Waals surface area contributed by atoms with Crippen LogP contribution in [0.1, 0.15) is 40.0 Å². The van der Waals surface area contributed by atoms with Crippen LogP contribution in [0.3, 0.4) is 0 Å². The third kappa shape index (κ3) is 1.97. The Bertz CT molecular complexity index is 195. The van der Waals surface area contributed by atoms with Gasteiger partial charge in [-0.05, 0) is 33.1 Å². The van der Waals surface area contributed by atoms with E-state index in [1.54, 1.807) is 6.92 Å². The van der Waals surface area contributed by atoms with Crippen molar-refractivity contribution in [2.75, 3.05) is 0 Å². The van der Waals surface area contributed by atoms with Gasteiger partial charge in [0.05, 0.1) is 5.54 Å². The molecule has 1 saturated carbocycles. The van der Waals surface area contributed by atoms with Gasteiger partial charge in [-0.25, -0.2) is 0 Å². The number of carbonyl (C=O) groups is 1. The molecular formula is C9H18N2O. The minimum absolute atomic E-state index is 0.0231. The fourth-order valence-electron chi connectivity index (χ4n) is 0.890. The first-order valence-electron chi connectivity index (χ1n) is 4.51. The van der Waals surface area contributed by atoms with Crippen LogP contribution in [0.25, 0.3) is 0 Å². The van der Waals surface area contributed by atoms with Crippen molar-refractivity contribution < 1.29 is 4.79 Å². The van der Waals surface area contributed by atoms with Gasteiger partial charge in [0.1, 0.15) is 0 Å². The number of hydrogen-bond donors (Lipinski definition) is 2. The Hall–Kier alpha value is -0.570. The molecule has 3 heteroatoms. The average Bonchev–Trinajstić information content (AvgIpc) is 2.68. The number of nitrogens with two attached hydrogens (primary N) is 1. The highest BCUT2D eigenvalue weighted by molar-refractivity contribution is 5.86. The molecule has 1 unspecified atom stereocenters. The van der Waals surface area contributed by atoms with Crippen LogP contribution < -0.4 is 11.1 Å². The highest BCUT2D eigenvalue weighted by Gasteiger charge is 2.41. The molecule has 1 amide bonds. The lowest BCUT2D eigenvalue weighted by molar-refractivity contribution is -0.126. The Morgan fingerprint density at radius 1 is 1.67 bits per heavy atom. The molecule has 0 spiro atoms. The normalized spacial score (nSPS) is 24.3. The second-order valence-electron chi connectivity index (χ2n) is 4.29. The van der Waals surface area contributed by atoms with Gasteiger partial charge >= 0.3 is 0 Å². The van der Waals surface area contributed by atoms with Crippen molar-refractivity contribution in [2.24, 2.45) is 5.73 Å². The lowest BCUT2D eigenvalue weighted by Crippen LogP contribution is -2.54. The van der Waals surface area contributed by atoms with Gasteiger partial charge in [-0.3, -0.25) is 4.79 Å². The summed E-state index contributed by atoms with van der Waals surface area (Å²) < 4.78 is 0. The van der Waals surface area contributed by atoms with Gasteiger partial charge in [-0.1, -0.05) is 6.92 Å². The summed E-state index contributed by atoms with van der Waals surface area (Å²) in [5.74, 6) is -0.0231. The highest BCUT2D eigenvalue weighted by atomic mass is 16.2. The van der Waals surface area contributed by atoms with E-state index >= 15 is 0 Å². The minimum atomic E-state index is -0.703. The van der Waals surface area contributed by atoms with Crippen molar-refractivity contribution in [1.29, 1.82) is 0 Å². The summed E-state index contributed by atoms with van der Waals surface area (Å²) in [7, 11) is 0. The van der Waals surface area contributed by atoms with E-state index in [1.165, 1.54) is 0 Å². The van der Waals surface area contributed by atoms with Crippen LogP contribution in [0.2, 0.25) is 0 Å². The molecular weight excluding hydrogens is 152 g/mol. The Morgan fingerprint density at radius 2 is 2.17 bits per heavy atom. The van der Waals surface area contributed by atoms with Crippen molar-refractivity contribution in [3.63, 3.8) is 0 Å². The first kappa shape index (κ1) is 9.52. The summed E-state index contributed by atoms with van der Waals surface area (Å²) in [4.78, 5) is 11.5. The number of carbonyl (C=O) groups excluding carboxylic acids is 1. The summed E-state index contributed by atoms with van der Waals surface area (Å²) in [5, 5.41) is 2.96. The number of rotatable bonds is 3. The van der Waals surface area contributed by atoms with Crippen molar-refractivity contribution in [3.05, 3.63) is 0 Å². The summed E-state index contributed by atoms with van der Waals surface area (Å²) in [6.07, 6.45) is 2.84. The van der Waals surface area contributed by atoms with Crippen LogP contribution in [0.15, 0.2) is 0 Å². The Morgan fingerprint density at radius 3 is 2.50 bits per heavy atom. The zero-order chi connectivity index (χ0) is 9.41. The van der Waals surface area contributed by atoms with E-state index in [9.17, 15) is 4.79 Å². The topological polar surface area (TPSA) is 55.1 Å². The molecule has 0 aromatic rings. The molecule has 3 nitrogen and oxygen atoms in total. The Kier molecular flexibility index (Phi) is 2.17. The zero-order valence-corrected chi connectivity index (χ0v) is 8.11. The third-order valence-corrected chi connectivity index (χ3v) is 2.67. The Labute approximate surface area is 73.7 Å². The van der Waals surface area contributed by atoms with E-state index in [-0.39, 0.29) is 11.4 Å². The minimum Gasteiger partial charge on any atom is -0.349 e. The summed E-state index contributed by atoms with van der Waals surface area (Å²) in [6.45, 7) is 5.75. The fraction of sp³-hybridized carbons (Fsp3) is 0.889. The van der Waals surface area contributed by atoms with Crippen molar-refractivity contribution in [2.45, 2.75) is 51.1 Å². The van der Waals surface area contributed by atoms with Gasteiger partial charge in [0.2, 0.25) is 5.91 Å². The summed E-state index contributed by atoms with van der Waals surface area (Å²) in [5.41, 5.74) is 5.13. The molecule has 1 aliphatic carbocycles. The van der Waals surface area contributed by atoms with Gasteiger partial charge in [0, 0.05) is 5.54 Å². The summed E-state index contributed by atoms with van der Waals surface area (Å²) in [6, 6.07) is 0. The number of hydrogen-bond acceptors (Lipinski definition) is 2. The molecule has 0 saturated heterocycles. The zero-order valence-electron chi connectivity index (χ0n) is 8.11. The van der Waals surface area contributed by atoms with E-state index in [4.69, 9.17) is 5.73 Å². The monoisotopic (exact) mass is 170 g/mol. The standard InChI is InChI=1S/C9H18N2O/c1-4-9(3,10)7(12)11-8(2)5-6-8/h4-6,10H2,1-3H3,(H,11,12). The molecule has 3 N–H and O–H groups in total. The maximum atomic E-state index is 11.5. The first-order valence-corrected chi connectivity index (χ1v) is 4.51. The third-order valence-electron chi connectivity index (χ3n) is 2.67. The van der Waals surface area contributed by atoms with Crippen LogP contribution in [0.4, 0.5) is 0 Å². The maximum Gasteiger partial charge on any atom is 0.240 e. The van der Waals surface area contributed by atoms with Crippen LogP contribution >= 0.6 is 0 Å².